The molecule has 3 aromatic rings. The fourth-order valence-corrected chi connectivity index (χ4v) is 4.04. The third-order valence-electron chi connectivity index (χ3n) is 5.39. The van der Waals surface area contributed by atoms with Crippen LogP contribution in [0.15, 0.2) is 41.3 Å². The third-order valence-corrected chi connectivity index (χ3v) is 6.13. The van der Waals surface area contributed by atoms with E-state index in [-0.39, 0.29) is 12.1 Å². The van der Waals surface area contributed by atoms with Gasteiger partial charge in [-0.15, -0.1) is 0 Å². The number of aryl methyl sites for hydroxylation is 1. The topological polar surface area (TPSA) is 74.9 Å². The van der Waals surface area contributed by atoms with Crippen molar-refractivity contribution in [3.8, 4) is 5.75 Å². The van der Waals surface area contributed by atoms with E-state index in [1.807, 2.05) is 6.07 Å². The van der Waals surface area contributed by atoms with E-state index in [0.29, 0.717) is 22.1 Å². The first-order chi connectivity index (χ1) is 14.4. The summed E-state index contributed by atoms with van der Waals surface area (Å²) in [7, 11) is 0. The molecule has 3 heterocycles. The number of rotatable bonds is 5. The quantitative estimate of drug-likeness (QED) is 0.584. The monoisotopic (exact) mass is 445 g/mol. The van der Waals surface area contributed by atoms with Crippen LogP contribution in [0.5, 0.6) is 5.75 Å². The minimum absolute atomic E-state index is 0.0833. The van der Waals surface area contributed by atoms with Gasteiger partial charge in [0.05, 0.1) is 15.7 Å². The van der Waals surface area contributed by atoms with Gasteiger partial charge in [0.1, 0.15) is 5.65 Å². The van der Waals surface area contributed by atoms with Gasteiger partial charge in [0.15, 0.2) is 11.5 Å². The highest BCUT2D eigenvalue weighted by molar-refractivity contribution is 6.42. The molecule has 156 valence electrons. The predicted octanol–water partition coefficient (Wildman–Crippen LogP) is 4.51. The van der Waals surface area contributed by atoms with Crippen molar-refractivity contribution in [1.82, 2.24) is 9.38 Å². The summed E-state index contributed by atoms with van der Waals surface area (Å²) in [5, 5.41) is 11.2. The van der Waals surface area contributed by atoms with Crippen LogP contribution in [0.2, 0.25) is 10.0 Å². The van der Waals surface area contributed by atoms with Gasteiger partial charge in [-0.1, -0.05) is 29.3 Å². The molecule has 1 N–H and O–H groups in total. The van der Waals surface area contributed by atoms with Crippen molar-refractivity contribution in [2.45, 2.75) is 32.1 Å². The Hall–Kier alpha value is -2.57. The van der Waals surface area contributed by atoms with E-state index in [0.717, 1.165) is 37.2 Å². The van der Waals surface area contributed by atoms with Crippen molar-refractivity contribution >= 4 is 40.3 Å². The highest BCUT2D eigenvalue weighted by Gasteiger charge is 2.20. The lowest BCUT2D eigenvalue weighted by molar-refractivity contribution is 0.0975. The van der Waals surface area contributed by atoms with E-state index in [1.54, 1.807) is 30.5 Å². The molecule has 0 aliphatic carbocycles. The summed E-state index contributed by atoms with van der Waals surface area (Å²) < 4.78 is 1.30. The van der Waals surface area contributed by atoms with E-state index in [4.69, 9.17) is 23.2 Å². The van der Waals surface area contributed by atoms with Crippen LogP contribution in [-0.4, -0.2) is 33.4 Å². The Morgan fingerprint density at radius 2 is 1.83 bits per heavy atom. The van der Waals surface area contributed by atoms with Crippen LogP contribution in [0.25, 0.3) is 5.65 Å². The first-order valence-electron chi connectivity index (χ1n) is 9.91. The molecule has 30 heavy (non-hydrogen) atoms. The second kappa shape index (κ2) is 8.66. The third kappa shape index (κ3) is 4.16. The fraction of sp³-hybridized carbons (Fsp3) is 0.318. The highest BCUT2D eigenvalue weighted by Crippen LogP contribution is 2.24. The van der Waals surface area contributed by atoms with Crippen molar-refractivity contribution in [2.24, 2.45) is 0 Å². The number of carbonyl (C=O) groups excluding carboxylic acids is 1. The van der Waals surface area contributed by atoms with Gasteiger partial charge in [-0.3, -0.25) is 14.0 Å². The smallest absolute Gasteiger partial charge is 0.300 e. The van der Waals surface area contributed by atoms with Crippen LogP contribution in [0.4, 0.5) is 5.69 Å². The SMILES string of the molecule is O=C(CCc1ccc(Cl)c(Cl)c1)c1nc2ccc(N3CCCCC3)cn2c(=O)c1O. The number of carbonyl (C=O) groups is 1. The van der Waals surface area contributed by atoms with Gasteiger partial charge in [-0.25, -0.2) is 4.98 Å². The molecule has 0 spiro atoms. The Kier molecular flexibility index (Phi) is 5.97. The van der Waals surface area contributed by atoms with Crippen molar-refractivity contribution < 1.29 is 9.90 Å². The van der Waals surface area contributed by atoms with Crippen LogP contribution >= 0.6 is 23.2 Å². The Labute approximate surface area is 183 Å². The van der Waals surface area contributed by atoms with Gasteiger partial charge in [0, 0.05) is 25.7 Å². The zero-order valence-electron chi connectivity index (χ0n) is 16.3. The van der Waals surface area contributed by atoms with Crippen LogP contribution in [0.1, 0.15) is 41.7 Å². The lowest BCUT2D eigenvalue weighted by atomic mass is 10.1. The van der Waals surface area contributed by atoms with E-state index in [2.05, 4.69) is 9.88 Å². The number of halogens is 2. The summed E-state index contributed by atoms with van der Waals surface area (Å²) in [5.74, 6) is -1.03. The van der Waals surface area contributed by atoms with E-state index in [9.17, 15) is 14.7 Å². The number of hydrogen-bond donors (Lipinski definition) is 1. The summed E-state index contributed by atoms with van der Waals surface area (Å²) in [6, 6.07) is 8.75. The van der Waals surface area contributed by atoms with Crippen LogP contribution in [0.3, 0.4) is 0 Å². The molecular formula is C22H21Cl2N3O3. The number of fused-ring (bicyclic) bond motifs is 1. The highest BCUT2D eigenvalue weighted by atomic mass is 35.5. The maximum atomic E-state index is 12.7. The molecule has 1 aromatic carbocycles. The van der Waals surface area contributed by atoms with E-state index in [1.165, 1.54) is 10.8 Å². The molecule has 1 fully saturated rings. The average Bonchev–Trinajstić information content (AvgIpc) is 2.77. The molecular weight excluding hydrogens is 425 g/mol. The summed E-state index contributed by atoms with van der Waals surface area (Å²) in [6.45, 7) is 1.87. The standard InChI is InChI=1S/C22H21Cl2N3O3/c23-16-7-4-14(12-17(16)24)5-8-18(28)20-21(29)22(30)27-13-15(6-9-19(27)25-20)26-10-2-1-3-11-26/h4,6-7,9,12-13,29H,1-3,5,8,10-11H2. The number of benzene rings is 1. The van der Waals surface area contributed by atoms with Crippen LogP contribution in [0, 0.1) is 0 Å². The minimum Gasteiger partial charge on any atom is -0.501 e. The van der Waals surface area contributed by atoms with Gasteiger partial charge in [0.25, 0.3) is 0 Å². The maximum Gasteiger partial charge on any atom is 0.300 e. The molecule has 0 unspecified atom stereocenters. The largest absolute Gasteiger partial charge is 0.501 e. The average molecular weight is 446 g/mol. The molecule has 0 atom stereocenters. The van der Waals surface area contributed by atoms with Crippen molar-refractivity contribution in [2.75, 3.05) is 18.0 Å². The van der Waals surface area contributed by atoms with Gasteiger partial charge >= 0.3 is 5.56 Å². The van der Waals surface area contributed by atoms with Gasteiger partial charge in [-0.2, -0.15) is 0 Å². The Morgan fingerprint density at radius 3 is 2.57 bits per heavy atom. The molecule has 0 saturated carbocycles. The first-order valence-corrected chi connectivity index (χ1v) is 10.7. The second-order valence-electron chi connectivity index (χ2n) is 7.45. The number of Topliss-reactive ketones (excluding diaryl/α,β-unsaturated/α-hetero) is 1. The first kappa shape index (κ1) is 20.7. The molecule has 1 saturated heterocycles. The molecule has 0 radical (unpaired) electrons. The van der Waals surface area contributed by atoms with Crippen molar-refractivity contribution in [3.05, 3.63) is 68.2 Å². The molecule has 1 aliphatic rings. The molecule has 6 nitrogen and oxygen atoms in total. The summed E-state index contributed by atoms with van der Waals surface area (Å²) in [6.07, 6.45) is 5.59. The zero-order valence-corrected chi connectivity index (χ0v) is 17.8. The number of nitrogens with zero attached hydrogens (tertiary/aromatic N) is 3. The van der Waals surface area contributed by atoms with Gasteiger partial charge < -0.3 is 10.0 Å². The lowest BCUT2D eigenvalue weighted by Crippen LogP contribution is -2.30. The predicted molar refractivity (Wildman–Crippen MR) is 118 cm³/mol. The molecule has 0 bridgehead atoms. The number of anilines is 1. The Morgan fingerprint density at radius 1 is 1.07 bits per heavy atom. The van der Waals surface area contributed by atoms with Gasteiger partial charge in [0.2, 0.25) is 5.75 Å². The molecule has 8 heteroatoms. The normalized spacial score (nSPS) is 14.3. The maximum absolute atomic E-state index is 12.7. The fourth-order valence-electron chi connectivity index (χ4n) is 3.72. The van der Waals surface area contributed by atoms with E-state index >= 15 is 0 Å². The summed E-state index contributed by atoms with van der Waals surface area (Å²) in [4.78, 5) is 31.9. The van der Waals surface area contributed by atoms with Crippen LogP contribution < -0.4 is 10.5 Å². The zero-order chi connectivity index (χ0) is 21.3. The number of hydrogen-bond acceptors (Lipinski definition) is 5. The van der Waals surface area contributed by atoms with Gasteiger partial charge in [-0.05, 0) is 55.5 Å². The second-order valence-corrected chi connectivity index (χ2v) is 8.26. The van der Waals surface area contributed by atoms with Crippen LogP contribution in [-0.2, 0) is 6.42 Å². The molecule has 4 rings (SSSR count). The van der Waals surface area contributed by atoms with Crippen molar-refractivity contribution in [3.63, 3.8) is 0 Å². The number of pyridine rings is 1. The number of piperidine rings is 1. The van der Waals surface area contributed by atoms with Crippen molar-refractivity contribution in [1.29, 1.82) is 0 Å². The molecule has 0 amide bonds. The summed E-state index contributed by atoms with van der Waals surface area (Å²) >= 11 is 11.9. The van der Waals surface area contributed by atoms with E-state index < -0.39 is 17.1 Å². The lowest BCUT2D eigenvalue weighted by Gasteiger charge is -2.28. The molecule has 2 aromatic heterocycles. The number of aromatic hydroxyl groups is 1. The number of aromatic nitrogens is 2. The number of ketones is 1. The summed E-state index contributed by atoms with van der Waals surface area (Å²) in [5.41, 5.74) is 1.23. The Balaban J connectivity index is 1.59. The molecule has 1 aliphatic heterocycles. The Bertz CT molecular complexity index is 1170. The minimum atomic E-state index is -0.642.